The zero-order valence-electron chi connectivity index (χ0n) is 8.96. The molecule has 1 aromatic rings. The Kier molecular flexibility index (Phi) is 3.38. The summed E-state index contributed by atoms with van der Waals surface area (Å²) in [4.78, 5) is 0. The van der Waals surface area contributed by atoms with Gasteiger partial charge in [0.15, 0.2) is 11.5 Å². The van der Waals surface area contributed by atoms with Gasteiger partial charge in [0.25, 0.3) is 0 Å². The van der Waals surface area contributed by atoms with Crippen LogP contribution in [-0.4, -0.2) is 27.2 Å². The Morgan fingerprint density at radius 3 is 1.87 bits per heavy atom. The molecule has 0 saturated heterocycles. The van der Waals surface area contributed by atoms with Gasteiger partial charge in [-0.1, -0.05) is 0 Å². The van der Waals surface area contributed by atoms with E-state index in [-0.39, 0.29) is 5.84 Å². The van der Waals surface area contributed by atoms with Gasteiger partial charge in [0.1, 0.15) is 11.6 Å². The molecule has 1 rings (SSSR count). The van der Waals surface area contributed by atoms with E-state index in [4.69, 9.17) is 25.4 Å². The maximum atomic E-state index is 7.38. The van der Waals surface area contributed by atoms with Crippen LogP contribution in [0.2, 0.25) is 0 Å². The molecule has 5 nitrogen and oxygen atoms in total. The molecular formula is C10H14N2O3. The number of ether oxygens (including phenoxy) is 3. The Bertz CT molecular complexity index is 377. The molecule has 0 spiro atoms. The van der Waals surface area contributed by atoms with E-state index in [9.17, 15) is 0 Å². The molecule has 0 aliphatic rings. The molecule has 1 aromatic carbocycles. The summed E-state index contributed by atoms with van der Waals surface area (Å²) >= 11 is 0. The predicted octanol–water partition coefficient (Wildman–Crippen LogP) is 0.996. The van der Waals surface area contributed by atoms with E-state index >= 15 is 0 Å². The summed E-state index contributed by atoms with van der Waals surface area (Å²) in [5.41, 5.74) is 5.89. The van der Waals surface area contributed by atoms with Crippen molar-refractivity contribution in [3.8, 4) is 17.2 Å². The van der Waals surface area contributed by atoms with Crippen molar-refractivity contribution >= 4 is 5.84 Å². The summed E-state index contributed by atoms with van der Waals surface area (Å²) in [5, 5.41) is 7.38. The number of nitrogen functional groups attached to an aromatic ring is 1. The highest BCUT2D eigenvalue weighted by molar-refractivity contribution is 5.98. The van der Waals surface area contributed by atoms with Crippen LogP contribution in [0.4, 0.5) is 0 Å². The summed E-state index contributed by atoms with van der Waals surface area (Å²) in [6, 6.07) is 3.25. The van der Waals surface area contributed by atoms with E-state index in [0.717, 1.165) is 0 Å². The minimum Gasteiger partial charge on any atom is -0.496 e. The largest absolute Gasteiger partial charge is 0.496 e. The fourth-order valence-electron chi connectivity index (χ4n) is 1.24. The highest BCUT2D eigenvalue weighted by atomic mass is 16.5. The third kappa shape index (κ3) is 2.12. The van der Waals surface area contributed by atoms with Crippen LogP contribution in [0.1, 0.15) is 5.56 Å². The number of nitrogens with one attached hydrogen (secondary N) is 1. The molecule has 3 N–H and O–H groups in total. The summed E-state index contributed by atoms with van der Waals surface area (Å²) in [6.45, 7) is 0. The predicted molar refractivity (Wildman–Crippen MR) is 57.1 cm³/mol. The van der Waals surface area contributed by atoms with Gasteiger partial charge in [-0.2, -0.15) is 0 Å². The van der Waals surface area contributed by atoms with Crippen LogP contribution in [0.15, 0.2) is 12.1 Å². The van der Waals surface area contributed by atoms with Crippen molar-refractivity contribution in [2.45, 2.75) is 0 Å². The average molecular weight is 210 g/mol. The lowest BCUT2D eigenvalue weighted by atomic mass is 10.1. The Balaban J connectivity index is 3.34. The van der Waals surface area contributed by atoms with E-state index in [1.807, 2.05) is 0 Å². The van der Waals surface area contributed by atoms with Crippen LogP contribution in [0.5, 0.6) is 17.2 Å². The normalized spacial score (nSPS) is 9.53. The number of hydrogen-bond acceptors (Lipinski definition) is 4. The van der Waals surface area contributed by atoms with E-state index in [1.165, 1.54) is 21.3 Å². The molecule has 5 heteroatoms. The molecule has 0 saturated carbocycles. The van der Waals surface area contributed by atoms with Crippen LogP contribution in [0.25, 0.3) is 0 Å². The molecule has 0 aliphatic carbocycles. The standard InChI is InChI=1S/C10H14N2O3/c1-13-7-5-9(15-3)8(14-2)4-6(7)10(11)12/h4-5H,1-3H3,(H3,11,12). The molecule has 0 heterocycles. The topological polar surface area (TPSA) is 77.6 Å². The van der Waals surface area contributed by atoms with E-state index in [1.54, 1.807) is 12.1 Å². The van der Waals surface area contributed by atoms with Crippen LogP contribution in [-0.2, 0) is 0 Å². The lowest BCUT2D eigenvalue weighted by Gasteiger charge is -2.12. The smallest absolute Gasteiger partial charge is 0.164 e. The number of methoxy groups -OCH3 is 3. The summed E-state index contributed by atoms with van der Waals surface area (Å²) in [5.74, 6) is 1.47. The van der Waals surface area contributed by atoms with E-state index in [2.05, 4.69) is 0 Å². The monoisotopic (exact) mass is 210 g/mol. The fourth-order valence-corrected chi connectivity index (χ4v) is 1.24. The zero-order chi connectivity index (χ0) is 11.4. The first kappa shape index (κ1) is 11.2. The van der Waals surface area contributed by atoms with Gasteiger partial charge < -0.3 is 19.9 Å². The van der Waals surface area contributed by atoms with Gasteiger partial charge in [-0.15, -0.1) is 0 Å². The van der Waals surface area contributed by atoms with Gasteiger partial charge in [0.05, 0.1) is 26.9 Å². The quantitative estimate of drug-likeness (QED) is 0.574. The van der Waals surface area contributed by atoms with Gasteiger partial charge in [-0.3, -0.25) is 5.41 Å². The van der Waals surface area contributed by atoms with Gasteiger partial charge in [0.2, 0.25) is 0 Å². The molecule has 82 valence electrons. The second-order valence-corrected chi connectivity index (χ2v) is 2.82. The number of benzene rings is 1. The third-order valence-corrected chi connectivity index (χ3v) is 2.00. The highest BCUT2D eigenvalue weighted by Gasteiger charge is 2.13. The Morgan fingerprint density at radius 1 is 1.00 bits per heavy atom. The fraction of sp³-hybridized carbons (Fsp3) is 0.300. The average Bonchev–Trinajstić information content (AvgIpc) is 2.26. The Hall–Kier alpha value is -1.91. The summed E-state index contributed by atoms with van der Waals surface area (Å²) in [7, 11) is 4.56. The molecule has 0 fully saturated rings. The first-order valence-electron chi connectivity index (χ1n) is 4.28. The maximum absolute atomic E-state index is 7.38. The van der Waals surface area contributed by atoms with Gasteiger partial charge >= 0.3 is 0 Å². The minimum atomic E-state index is -0.0761. The SMILES string of the molecule is COc1cc(OC)c(C(=N)N)cc1OC. The molecule has 0 atom stereocenters. The van der Waals surface area contributed by atoms with Crippen molar-refractivity contribution in [1.29, 1.82) is 5.41 Å². The van der Waals surface area contributed by atoms with Crippen LogP contribution in [0.3, 0.4) is 0 Å². The van der Waals surface area contributed by atoms with Crippen LogP contribution < -0.4 is 19.9 Å². The second kappa shape index (κ2) is 4.54. The second-order valence-electron chi connectivity index (χ2n) is 2.82. The van der Waals surface area contributed by atoms with Crippen molar-refractivity contribution in [3.63, 3.8) is 0 Å². The van der Waals surface area contributed by atoms with Gasteiger partial charge in [0, 0.05) is 6.07 Å². The Morgan fingerprint density at radius 2 is 1.47 bits per heavy atom. The molecular weight excluding hydrogens is 196 g/mol. The van der Waals surface area contributed by atoms with E-state index < -0.39 is 0 Å². The van der Waals surface area contributed by atoms with Crippen molar-refractivity contribution in [2.24, 2.45) is 5.73 Å². The van der Waals surface area contributed by atoms with Gasteiger partial charge in [-0.25, -0.2) is 0 Å². The van der Waals surface area contributed by atoms with Crippen molar-refractivity contribution in [1.82, 2.24) is 0 Å². The number of hydrogen-bond donors (Lipinski definition) is 2. The molecule has 0 radical (unpaired) electrons. The first-order chi connectivity index (χ1) is 7.13. The number of nitrogens with two attached hydrogens (primary N) is 1. The molecule has 0 unspecified atom stereocenters. The molecule has 0 aliphatic heterocycles. The van der Waals surface area contributed by atoms with Crippen LogP contribution in [0, 0.1) is 5.41 Å². The van der Waals surface area contributed by atoms with E-state index in [0.29, 0.717) is 22.8 Å². The zero-order valence-corrected chi connectivity index (χ0v) is 8.96. The lowest BCUT2D eigenvalue weighted by molar-refractivity contribution is 0.348. The number of rotatable bonds is 4. The molecule has 15 heavy (non-hydrogen) atoms. The van der Waals surface area contributed by atoms with Crippen molar-refractivity contribution in [2.75, 3.05) is 21.3 Å². The molecule has 0 bridgehead atoms. The summed E-state index contributed by atoms with van der Waals surface area (Å²) in [6.07, 6.45) is 0. The highest BCUT2D eigenvalue weighted by Crippen LogP contribution is 2.34. The van der Waals surface area contributed by atoms with Crippen LogP contribution >= 0.6 is 0 Å². The summed E-state index contributed by atoms with van der Waals surface area (Å²) < 4.78 is 15.3. The first-order valence-corrected chi connectivity index (χ1v) is 4.28. The Labute approximate surface area is 88.3 Å². The lowest BCUT2D eigenvalue weighted by Crippen LogP contribution is -2.13. The van der Waals surface area contributed by atoms with Crippen molar-refractivity contribution < 1.29 is 14.2 Å². The maximum Gasteiger partial charge on any atom is 0.164 e. The molecule has 0 aromatic heterocycles. The third-order valence-electron chi connectivity index (χ3n) is 2.00. The van der Waals surface area contributed by atoms with Crippen molar-refractivity contribution in [3.05, 3.63) is 17.7 Å². The molecule has 0 amide bonds. The van der Waals surface area contributed by atoms with Gasteiger partial charge in [-0.05, 0) is 6.07 Å². The minimum absolute atomic E-state index is 0.0761. The number of amidine groups is 1.